The van der Waals surface area contributed by atoms with Crippen LogP contribution in [0.15, 0.2) is 0 Å². The van der Waals surface area contributed by atoms with Gasteiger partial charge < -0.3 is 0 Å². The standard InChI is InChI=1S/2C9H18.C8H16/c2*1-3-9-6-4-8(2)5-7-9;1-7-3-5-8(2)6-4-7/h2*8-9H,3-7H2,1-2H3;7-8H,3-6H2,1-2H3. The van der Waals surface area contributed by atoms with Crippen molar-refractivity contribution < 1.29 is 0 Å². The van der Waals surface area contributed by atoms with Crippen molar-refractivity contribution in [2.24, 2.45) is 35.5 Å². The molecule has 0 aromatic rings. The lowest BCUT2D eigenvalue weighted by atomic mass is 9.82. The summed E-state index contributed by atoms with van der Waals surface area (Å²) in [7, 11) is 0. The summed E-state index contributed by atoms with van der Waals surface area (Å²) >= 11 is 0. The molecule has 0 bridgehead atoms. The van der Waals surface area contributed by atoms with Crippen molar-refractivity contribution in [2.45, 2.75) is 131 Å². The molecule has 0 nitrogen and oxygen atoms in total. The maximum Gasteiger partial charge on any atom is -0.0417 e. The summed E-state index contributed by atoms with van der Waals surface area (Å²) in [5.41, 5.74) is 0. The molecule has 0 saturated heterocycles. The van der Waals surface area contributed by atoms with Gasteiger partial charge in [-0.25, -0.2) is 0 Å². The van der Waals surface area contributed by atoms with Gasteiger partial charge in [0.15, 0.2) is 0 Å². The van der Waals surface area contributed by atoms with E-state index in [2.05, 4.69) is 41.5 Å². The van der Waals surface area contributed by atoms with Crippen LogP contribution in [0.2, 0.25) is 0 Å². The first-order chi connectivity index (χ1) is 12.4. The van der Waals surface area contributed by atoms with Crippen molar-refractivity contribution in [3.05, 3.63) is 0 Å². The lowest BCUT2D eigenvalue weighted by Gasteiger charge is -2.24. The van der Waals surface area contributed by atoms with Crippen molar-refractivity contribution in [1.29, 1.82) is 0 Å². The summed E-state index contributed by atoms with van der Waals surface area (Å²) in [4.78, 5) is 0. The third kappa shape index (κ3) is 11.0. The molecular weight excluding hydrogens is 312 g/mol. The number of rotatable bonds is 2. The summed E-state index contributed by atoms with van der Waals surface area (Å²) in [6.07, 6.45) is 20.6. The van der Waals surface area contributed by atoms with Crippen LogP contribution >= 0.6 is 0 Å². The fraction of sp³-hybridized carbons (Fsp3) is 1.00. The maximum absolute atomic E-state index is 2.38. The van der Waals surface area contributed by atoms with E-state index in [0.717, 1.165) is 35.5 Å². The van der Waals surface area contributed by atoms with E-state index in [-0.39, 0.29) is 0 Å². The highest BCUT2D eigenvalue weighted by Crippen LogP contribution is 2.30. The van der Waals surface area contributed by atoms with E-state index in [1.54, 1.807) is 0 Å². The van der Waals surface area contributed by atoms with Crippen LogP contribution in [-0.2, 0) is 0 Å². The molecule has 0 heterocycles. The average molecular weight is 365 g/mol. The Morgan fingerprint density at radius 1 is 0.385 bits per heavy atom. The van der Waals surface area contributed by atoms with Gasteiger partial charge >= 0.3 is 0 Å². The van der Waals surface area contributed by atoms with E-state index >= 15 is 0 Å². The molecule has 0 aliphatic heterocycles. The topological polar surface area (TPSA) is 0 Å². The minimum Gasteiger partial charge on any atom is -0.0651 e. The van der Waals surface area contributed by atoms with Crippen molar-refractivity contribution >= 4 is 0 Å². The van der Waals surface area contributed by atoms with Crippen LogP contribution in [0.4, 0.5) is 0 Å². The van der Waals surface area contributed by atoms with Gasteiger partial charge in [0.25, 0.3) is 0 Å². The van der Waals surface area contributed by atoms with Gasteiger partial charge in [0.2, 0.25) is 0 Å². The van der Waals surface area contributed by atoms with E-state index in [9.17, 15) is 0 Å². The molecule has 3 saturated carbocycles. The summed E-state index contributed by atoms with van der Waals surface area (Å²) in [5, 5.41) is 0. The molecule has 0 amide bonds. The first-order valence-corrected chi connectivity index (χ1v) is 12.4. The zero-order chi connectivity index (χ0) is 19.4. The second-order valence-corrected chi connectivity index (χ2v) is 10.4. The van der Waals surface area contributed by atoms with Gasteiger partial charge in [0.05, 0.1) is 0 Å². The molecule has 156 valence electrons. The first-order valence-electron chi connectivity index (χ1n) is 12.4. The SMILES string of the molecule is CC1CCC(C)CC1.CCC1CCC(C)CC1.CCC1CCC(C)CC1. The molecule has 0 atom stereocenters. The zero-order valence-corrected chi connectivity index (χ0v) is 19.4. The molecule has 3 aliphatic rings. The molecular formula is C26H52. The molecule has 0 radical (unpaired) electrons. The van der Waals surface area contributed by atoms with Crippen LogP contribution < -0.4 is 0 Å². The fourth-order valence-electron chi connectivity index (χ4n) is 4.90. The largest absolute Gasteiger partial charge is 0.0651 e. The number of hydrogen-bond acceptors (Lipinski definition) is 0. The highest BCUT2D eigenvalue weighted by atomic mass is 14.2. The molecule has 0 spiro atoms. The van der Waals surface area contributed by atoms with Crippen LogP contribution in [0.3, 0.4) is 0 Å². The Balaban J connectivity index is 0.000000195. The minimum absolute atomic E-state index is 1.02. The molecule has 3 aliphatic carbocycles. The Hall–Kier alpha value is 0. The van der Waals surface area contributed by atoms with Crippen molar-refractivity contribution in [3.8, 4) is 0 Å². The van der Waals surface area contributed by atoms with Crippen LogP contribution in [0, 0.1) is 35.5 Å². The predicted molar refractivity (Wildman–Crippen MR) is 120 cm³/mol. The summed E-state index contributed by atoms with van der Waals surface area (Å²) in [6, 6.07) is 0. The van der Waals surface area contributed by atoms with E-state index in [1.807, 2.05) is 0 Å². The quantitative estimate of drug-likeness (QED) is 0.458. The summed E-state index contributed by atoms with van der Waals surface area (Å²) in [6.45, 7) is 14.1. The van der Waals surface area contributed by atoms with E-state index < -0.39 is 0 Å². The van der Waals surface area contributed by atoms with Gasteiger partial charge in [0.1, 0.15) is 0 Å². The van der Waals surface area contributed by atoms with E-state index in [1.165, 1.54) is 89.9 Å². The first kappa shape index (κ1) is 24.0. The summed E-state index contributed by atoms with van der Waals surface area (Å²) in [5.74, 6) is 6.22. The monoisotopic (exact) mass is 364 g/mol. The predicted octanol–water partition coefficient (Wildman–Crippen LogP) is 9.28. The summed E-state index contributed by atoms with van der Waals surface area (Å²) < 4.78 is 0. The number of hydrogen-bond donors (Lipinski definition) is 0. The maximum atomic E-state index is 2.38. The highest BCUT2D eigenvalue weighted by Gasteiger charge is 2.16. The van der Waals surface area contributed by atoms with Gasteiger partial charge in [-0.15, -0.1) is 0 Å². The van der Waals surface area contributed by atoms with Crippen LogP contribution in [0.1, 0.15) is 131 Å². The molecule has 3 fully saturated rings. The normalized spacial score (nSPS) is 37.6. The van der Waals surface area contributed by atoms with Gasteiger partial charge in [-0.2, -0.15) is 0 Å². The Morgan fingerprint density at radius 3 is 0.769 bits per heavy atom. The highest BCUT2D eigenvalue weighted by molar-refractivity contribution is 4.69. The Morgan fingerprint density at radius 2 is 0.577 bits per heavy atom. The molecule has 0 heteroatoms. The zero-order valence-electron chi connectivity index (χ0n) is 19.4. The molecule has 0 N–H and O–H groups in total. The van der Waals surface area contributed by atoms with Crippen LogP contribution in [0.25, 0.3) is 0 Å². The van der Waals surface area contributed by atoms with Gasteiger partial charge in [-0.1, -0.05) is 131 Å². The second-order valence-electron chi connectivity index (χ2n) is 10.4. The van der Waals surface area contributed by atoms with Crippen molar-refractivity contribution in [1.82, 2.24) is 0 Å². The second kappa shape index (κ2) is 14.1. The van der Waals surface area contributed by atoms with Crippen LogP contribution in [-0.4, -0.2) is 0 Å². The lowest BCUT2D eigenvalue weighted by Crippen LogP contribution is -2.10. The molecule has 0 aromatic heterocycles. The van der Waals surface area contributed by atoms with Crippen molar-refractivity contribution in [3.63, 3.8) is 0 Å². The smallest absolute Gasteiger partial charge is 0.0417 e. The molecule has 0 unspecified atom stereocenters. The third-order valence-electron chi connectivity index (χ3n) is 7.73. The molecule has 26 heavy (non-hydrogen) atoms. The minimum atomic E-state index is 1.02. The van der Waals surface area contributed by atoms with Gasteiger partial charge in [-0.3, -0.25) is 0 Å². The van der Waals surface area contributed by atoms with Crippen LogP contribution in [0.5, 0.6) is 0 Å². The Kier molecular flexibility index (Phi) is 13.0. The van der Waals surface area contributed by atoms with Crippen molar-refractivity contribution in [2.75, 3.05) is 0 Å². The van der Waals surface area contributed by atoms with Gasteiger partial charge in [-0.05, 0) is 35.5 Å². The van der Waals surface area contributed by atoms with Gasteiger partial charge in [0, 0.05) is 0 Å². The Bertz CT molecular complexity index is 264. The Labute approximate surface area is 167 Å². The van der Waals surface area contributed by atoms with E-state index in [0.29, 0.717) is 0 Å². The third-order valence-corrected chi connectivity index (χ3v) is 7.73. The molecule has 0 aromatic carbocycles. The van der Waals surface area contributed by atoms with E-state index in [4.69, 9.17) is 0 Å². The fourth-order valence-corrected chi connectivity index (χ4v) is 4.90. The average Bonchev–Trinajstić information content (AvgIpc) is 2.66. The lowest BCUT2D eigenvalue weighted by molar-refractivity contribution is 0.284. The molecule has 3 rings (SSSR count).